The first-order valence-electron chi connectivity index (χ1n) is 5.13. The maximum atomic E-state index is 11.4. The Bertz CT molecular complexity index is 361. The van der Waals surface area contributed by atoms with Crippen LogP contribution in [-0.4, -0.2) is 17.5 Å². The van der Waals surface area contributed by atoms with Gasteiger partial charge < -0.3 is 0 Å². The maximum absolute atomic E-state index is 11.4. The monoisotopic (exact) mass is 203 g/mol. The second kappa shape index (κ2) is 4.68. The van der Waals surface area contributed by atoms with Crippen LogP contribution in [-0.2, 0) is 4.79 Å². The van der Waals surface area contributed by atoms with E-state index in [-0.39, 0.29) is 5.91 Å². The van der Waals surface area contributed by atoms with Gasteiger partial charge in [-0.25, -0.2) is 5.01 Å². The lowest BCUT2D eigenvalue weighted by Crippen LogP contribution is -2.30. The van der Waals surface area contributed by atoms with Gasteiger partial charge in [-0.2, -0.15) is 0 Å². The molecule has 0 N–H and O–H groups in total. The molecular formula is C11H13N3O. The molecule has 0 unspecified atom stereocenters. The Kier molecular flexibility index (Phi) is 3.07. The minimum atomic E-state index is 0.0703. The Morgan fingerprint density at radius 1 is 1.13 bits per heavy atom. The molecule has 0 atom stereocenters. The van der Waals surface area contributed by atoms with E-state index in [1.165, 1.54) is 5.01 Å². The molecule has 0 spiro atoms. The second-order valence-electron chi connectivity index (χ2n) is 3.50. The highest BCUT2D eigenvalue weighted by Gasteiger charge is 2.17. The summed E-state index contributed by atoms with van der Waals surface area (Å²) in [6, 6.07) is 9.43. The first-order chi connectivity index (χ1) is 7.36. The van der Waals surface area contributed by atoms with Gasteiger partial charge in [-0.3, -0.25) is 4.79 Å². The fraction of sp³-hybridized carbons (Fsp3) is 0.364. The lowest BCUT2D eigenvalue weighted by atomic mass is 10.1. The van der Waals surface area contributed by atoms with Gasteiger partial charge in [0.2, 0.25) is 5.91 Å². The Hall–Kier alpha value is -1.71. The summed E-state index contributed by atoms with van der Waals surface area (Å²) in [5.74, 6) is 0.0703. The van der Waals surface area contributed by atoms with Crippen LogP contribution in [0.25, 0.3) is 0 Å². The van der Waals surface area contributed by atoms with Crippen LogP contribution in [0.15, 0.2) is 40.7 Å². The Morgan fingerprint density at radius 2 is 1.93 bits per heavy atom. The van der Waals surface area contributed by atoms with Crippen LogP contribution in [0.5, 0.6) is 0 Å². The summed E-state index contributed by atoms with van der Waals surface area (Å²) in [6.45, 7) is 0.690. The SMILES string of the molecule is O=C1CCCCN1N=Nc1ccccc1. The lowest BCUT2D eigenvalue weighted by Gasteiger charge is -2.19. The first-order valence-corrected chi connectivity index (χ1v) is 5.13. The largest absolute Gasteiger partial charge is 0.273 e. The summed E-state index contributed by atoms with van der Waals surface area (Å²) in [6.07, 6.45) is 2.57. The van der Waals surface area contributed by atoms with E-state index in [4.69, 9.17) is 0 Å². The highest BCUT2D eigenvalue weighted by molar-refractivity contribution is 5.76. The minimum absolute atomic E-state index is 0.0703. The van der Waals surface area contributed by atoms with Crippen molar-refractivity contribution in [3.63, 3.8) is 0 Å². The van der Waals surface area contributed by atoms with Gasteiger partial charge >= 0.3 is 0 Å². The van der Waals surface area contributed by atoms with Crippen molar-refractivity contribution in [1.82, 2.24) is 5.01 Å². The van der Waals surface area contributed by atoms with Gasteiger partial charge in [0.15, 0.2) is 0 Å². The predicted octanol–water partition coefficient (Wildman–Crippen LogP) is 2.70. The first kappa shape index (κ1) is 9.83. The number of piperidine rings is 1. The average molecular weight is 203 g/mol. The molecular weight excluding hydrogens is 190 g/mol. The normalized spacial score (nSPS) is 17.3. The van der Waals surface area contributed by atoms with Crippen LogP contribution in [0.4, 0.5) is 5.69 Å². The molecule has 1 heterocycles. The molecule has 1 aliphatic rings. The van der Waals surface area contributed by atoms with Crippen LogP contribution in [0.1, 0.15) is 19.3 Å². The number of rotatable bonds is 2. The molecule has 2 rings (SSSR count). The summed E-state index contributed by atoms with van der Waals surface area (Å²) < 4.78 is 0. The molecule has 1 aliphatic heterocycles. The van der Waals surface area contributed by atoms with E-state index in [2.05, 4.69) is 10.3 Å². The molecule has 78 valence electrons. The zero-order chi connectivity index (χ0) is 10.5. The third-order valence-corrected chi connectivity index (χ3v) is 2.32. The maximum Gasteiger partial charge on any atom is 0.244 e. The van der Waals surface area contributed by atoms with Gasteiger partial charge in [-0.15, -0.1) is 5.11 Å². The van der Waals surface area contributed by atoms with Crippen LogP contribution in [0.2, 0.25) is 0 Å². The van der Waals surface area contributed by atoms with Gasteiger partial charge in [0.25, 0.3) is 0 Å². The molecule has 1 fully saturated rings. The summed E-state index contributed by atoms with van der Waals surface area (Å²) in [4.78, 5) is 11.4. The van der Waals surface area contributed by atoms with Gasteiger partial charge in [0.1, 0.15) is 0 Å². The zero-order valence-electron chi connectivity index (χ0n) is 8.47. The van der Waals surface area contributed by atoms with E-state index in [0.717, 1.165) is 18.5 Å². The molecule has 0 radical (unpaired) electrons. The van der Waals surface area contributed by atoms with E-state index in [0.29, 0.717) is 13.0 Å². The lowest BCUT2D eigenvalue weighted by molar-refractivity contribution is -0.133. The molecule has 1 aromatic carbocycles. The second-order valence-corrected chi connectivity index (χ2v) is 3.50. The third-order valence-electron chi connectivity index (χ3n) is 2.32. The topological polar surface area (TPSA) is 45.0 Å². The highest BCUT2D eigenvalue weighted by Crippen LogP contribution is 2.15. The van der Waals surface area contributed by atoms with Crippen molar-refractivity contribution < 1.29 is 4.79 Å². The van der Waals surface area contributed by atoms with Gasteiger partial charge in [-0.1, -0.05) is 23.4 Å². The quantitative estimate of drug-likeness (QED) is 0.681. The minimum Gasteiger partial charge on any atom is -0.273 e. The van der Waals surface area contributed by atoms with E-state index >= 15 is 0 Å². The van der Waals surface area contributed by atoms with Crippen molar-refractivity contribution in [2.45, 2.75) is 19.3 Å². The molecule has 0 aliphatic carbocycles. The number of benzene rings is 1. The van der Waals surface area contributed by atoms with Crippen molar-refractivity contribution >= 4 is 11.6 Å². The fourth-order valence-corrected chi connectivity index (χ4v) is 1.49. The zero-order valence-corrected chi connectivity index (χ0v) is 8.47. The molecule has 4 heteroatoms. The molecule has 4 nitrogen and oxygen atoms in total. The van der Waals surface area contributed by atoms with E-state index in [9.17, 15) is 4.79 Å². The Morgan fingerprint density at radius 3 is 2.67 bits per heavy atom. The third kappa shape index (κ3) is 2.62. The Labute approximate surface area is 88.6 Å². The average Bonchev–Trinajstić information content (AvgIpc) is 2.29. The van der Waals surface area contributed by atoms with E-state index in [1.54, 1.807) is 0 Å². The molecule has 1 amide bonds. The van der Waals surface area contributed by atoms with Crippen LogP contribution in [0.3, 0.4) is 0 Å². The van der Waals surface area contributed by atoms with Crippen molar-refractivity contribution in [3.8, 4) is 0 Å². The molecule has 0 bridgehead atoms. The van der Waals surface area contributed by atoms with Crippen molar-refractivity contribution in [2.75, 3.05) is 6.54 Å². The number of hydrogen-bond acceptors (Lipinski definition) is 3. The summed E-state index contributed by atoms with van der Waals surface area (Å²) in [5, 5.41) is 9.41. The van der Waals surface area contributed by atoms with Crippen LogP contribution in [0, 0.1) is 0 Å². The Balaban J connectivity index is 2.01. The number of hydrogen-bond donors (Lipinski definition) is 0. The number of nitrogens with zero attached hydrogens (tertiary/aromatic N) is 3. The smallest absolute Gasteiger partial charge is 0.244 e. The number of carbonyl (C=O) groups excluding carboxylic acids is 1. The van der Waals surface area contributed by atoms with Crippen molar-refractivity contribution in [3.05, 3.63) is 30.3 Å². The summed E-state index contributed by atoms with van der Waals surface area (Å²) in [5.41, 5.74) is 0.774. The van der Waals surface area contributed by atoms with E-state index in [1.807, 2.05) is 30.3 Å². The molecule has 15 heavy (non-hydrogen) atoms. The molecule has 0 saturated carbocycles. The fourth-order valence-electron chi connectivity index (χ4n) is 1.49. The van der Waals surface area contributed by atoms with Crippen LogP contribution < -0.4 is 0 Å². The number of amides is 1. The molecule has 0 aromatic heterocycles. The van der Waals surface area contributed by atoms with E-state index < -0.39 is 0 Å². The summed E-state index contributed by atoms with van der Waals surface area (Å²) >= 11 is 0. The highest BCUT2D eigenvalue weighted by atomic mass is 16.2. The van der Waals surface area contributed by atoms with Gasteiger partial charge in [0.05, 0.1) is 5.69 Å². The van der Waals surface area contributed by atoms with Crippen molar-refractivity contribution in [1.29, 1.82) is 0 Å². The standard InChI is InChI=1S/C11H13N3O/c15-11-8-4-5-9-14(11)13-12-10-6-2-1-3-7-10/h1-3,6-7H,4-5,8-9H2. The van der Waals surface area contributed by atoms with Gasteiger partial charge in [-0.05, 0) is 25.0 Å². The predicted molar refractivity (Wildman–Crippen MR) is 56.5 cm³/mol. The number of carbonyl (C=O) groups is 1. The van der Waals surface area contributed by atoms with Gasteiger partial charge in [0, 0.05) is 13.0 Å². The summed E-state index contributed by atoms with van der Waals surface area (Å²) in [7, 11) is 0. The molecule has 1 aromatic rings. The molecule has 1 saturated heterocycles. The van der Waals surface area contributed by atoms with Crippen LogP contribution >= 0.6 is 0 Å². The van der Waals surface area contributed by atoms with Crippen molar-refractivity contribution in [2.24, 2.45) is 10.3 Å².